The minimum atomic E-state index is -4.10. The summed E-state index contributed by atoms with van der Waals surface area (Å²) in [6.07, 6.45) is 0. The van der Waals surface area contributed by atoms with Gasteiger partial charge in [0.2, 0.25) is 5.13 Å². The van der Waals surface area contributed by atoms with Crippen LogP contribution in [0.5, 0.6) is 0 Å². The van der Waals surface area contributed by atoms with E-state index in [0.717, 1.165) is 17.6 Å². The lowest BCUT2D eigenvalue weighted by atomic mass is 10.3. The quantitative estimate of drug-likeness (QED) is 0.831. The maximum absolute atomic E-state index is 13.5. The van der Waals surface area contributed by atoms with Crippen molar-refractivity contribution in [3.05, 3.63) is 29.8 Å². The number of benzene rings is 1. The van der Waals surface area contributed by atoms with E-state index >= 15 is 0 Å². The Morgan fingerprint density at radius 2 is 2.17 bits per heavy atom. The number of hydrogen-bond donors (Lipinski definition) is 2. The summed E-state index contributed by atoms with van der Waals surface area (Å²) >= 11 is 0.868. The summed E-state index contributed by atoms with van der Waals surface area (Å²) in [4.78, 5) is 3.25. The van der Waals surface area contributed by atoms with Crippen molar-refractivity contribution in [3.63, 3.8) is 0 Å². The van der Waals surface area contributed by atoms with Crippen molar-refractivity contribution in [2.24, 2.45) is 0 Å². The fraction of sp³-hybridized carbons (Fsp3) is 0.111. The highest BCUT2D eigenvalue weighted by molar-refractivity contribution is 7.93. The van der Waals surface area contributed by atoms with Crippen molar-refractivity contribution in [3.8, 4) is 0 Å². The predicted molar refractivity (Wildman–Crippen MR) is 66.3 cm³/mol. The van der Waals surface area contributed by atoms with Gasteiger partial charge in [-0.15, -0.1) is 0 Å². The van der Waals surface area contributed by atoms with Crippen molar-refractivity contribution in [2.75, 3.05) is 10.5 Å². The number of rotatable bonds is 3. The highest BCUT2D eigenvalue weighted by atomic mass is 32.2. The normalized spacial score (nSPS) is 11.4. The predicted octanol–water partition coefficient (Wildman–Crippen LogP) is 1.37. The third kappa shape index (κ3) is 2.41. The maximum atomic E-state index is 13.5. The van der Waals surface area contributed by atoms with Gasteiger partial charge in [0.1, 0.15) is 16.5 Å². The van der Waals surface area contributed by atoms with E-state index in [0.29, 0.717) is 5.82 Å². The topological polar surface area (TPSA) is 98.0 Å². The van der Waals surface area contributed by atoms with Gasteiger partial charge in [-0.3, -0.25) is 4.72 Å². The Bertz CT molecular complexity index is 663. The Kier molecular flexibility index (Phi) is 3.18. The SMILES string of the molecule is Cc1nsc(NS(=O)(=O)c2c(N)cccc2F)n1. The zero-order valence-electron chi connectivity index (χ0n) is 9.21. The second-order valence-electron chi connectivity index (χ2n) is 3.41. The third-order valence-electron chi connectivity index (χ3n) is 2.02. The van der Waals surface area contributed by atoms with Crippen LogP contribution in [0.15, 0.2) is 23.1 Å². The second-order valence-corrected chi connectivity index (χ2v) is 5.78. The van der Waals surface area contributed by atoms with Gasteiger partial charge in [0, 0.05) is 11.5 Å². The van der Waals surface area contributed by atoms with E-state index in [9.17, 15) is 12.8 Å². The standard InChI is InChI=1S/C9H9FN4O2S2/c1-5-12-9(17-13-5)14-18(15,16)8-6(10)3-2-4-7(8)11/h2-4H,11H2,1H3,(H,12,13,14). The minimum Gasteiger partial charge on any atom is -0.398 e. The van der Waals surface area contributed by atoms with E-state index in [1.165, 1.54) is 12.1 Å². The largest absolute Gasteiger partial charge is 0.398 e. The lowest BCUT2D eigenvalue weighted by molar-refractivity contribution is 0.572. The zero-order chi connectivity index (χ0) is 13.3. The summed E-state index contributed by atoms with van der Waals surface area (Å²) in [5.41, 5.74) is 5.31. The van der Waals surface area contributed by atoms with E-state index in [4.69, 9.17) is 5.73 Å². The molecule has 0 aliphatic carbocycles. The Morgan fingerprint density at radius 1 is 1.44 bits per heavy atom. The molecule has 0 aliphatic rings. The molecule has 18 heavy (non-hydrogen) atoms. The first-order chi connectivity index (χ1) is 8.40. The number of halogens is 1. The van der Waals surface area contributed by atoms with Gasteiger partial charge in [-0.05, 0) is 19.1 Å². The summed E-state index contributed by atoms with van der Waals surface area (Å²) in [6.45, 7) is 1.62. The van der Waals surface area contributed by atoms with E-state index < -0.39 is 20.7 Å². The molecule has 0 amide bonds. The van der Waals surface area contributed by atoms with Crippen molar-refractivity contribution >= 4 is 32.4 Å². The van der Waals surface area contributed by atoms with E-state index in [1.807, 2.05) is 0 Å². The summed E-state index contributed by atoms with van der Waals surface area (Å²) < 4.78 is 43.4. The maximum Gasteiger partial charge on any atom is 0.268 e. The van der Waals surface area contributed by atoms with Crippen molar-refractivity contribution in [2.45, 2.75) is 11.8 Å². The van der Waals surface area contributed by atoms with Crippen LogP contribution in [0.25, 0.3) is 0 Å². The number of nitrogen functional groups attached to an aromatic ring is 1. The lowest BCUT2D eigenvalue weighted by Gasteiger charge is -2.08. The lowest BCUT2D eigenvalue weighted by Crippen LogP contribution is -2.16. The average molecular weight is 288 g/mol. The Labute approximate surface area is 107 Å². The van der Waals surface area contributed by atoms with Crippen molar-refractivity contribution in [1.82, 2.24) is 9.36 Å². The minimum absolute atomic E-state index is 0.0650. The monoisotopic (exact) mass is 288 g/mol. The molecular formula is C9H9FN4O2S2. The molecule has 1 heterocycles. The molecule has 0 spiro atoms. The number of sulfonamides is 1. The second kappa shape index (κ2) is 4.50. The number of hydrogen-bond acceptors (Lipinski definition) is 6. The van der Waals surface area contributed by atoms with Gasteiger partial charge in [0.05, 0.1) is 5.69 Å². The number of aromatic nitrogens is 2. The van der Waals surface area contributed by atoms with Crippen LogP contribution in [0.1, 0.15) is 5.82 Å². The fourth-order valence-corrected chi connectivity index (χ4v) is 3.30. The number of aryl methyl sites for hydroxylation is 1. The van der Waals surface area contributed by atoms with E-state index in [1.54, 1.807) is 6.92 Å². The van der Waals surface area contributed by atoms with Crippen LogP contribution >= 0.6 is 11.5 Å². The first kappa shape index (κ1) is 12.7. The van der Waals surface area contributed by atoms with E-state index in [2.05, 4.69) is 14.1 Å². The van der Waals surface area contributed by atoms with Crippen molar-refractivity contribution in [1.29, 1.82) is 0 Å². The molecule has 0 atom stereocenters. The van der Waals surface area contributed by atoms with Gasteiger partial charge in [0.15, 0.2) is 0 Å². The van der Waals surface area contributed by atoms with Crippen LogP contribution in [0.4, 0.5) is 15.2 Å². The third-order valence-corrected chi connectivity index (χ3v) is 4.30. The summed E-state index contributed by atoms with van der Waals surface area (Å²) in [6, 6.07) is 3.66. The van der Waals surface area contributed by atoms with Crippen LogP contribution in [0.3, 0.4) is 0 Å². The molecule has 1 aromatic heterocycles. The highest BCUT2D eigenvalue weighted by Crippen LogP contribution is 2.24. The zero-order valence-corrected chi connectivity index (χ0v) is 10.8. The molecule has 2 aromatic rings. The molecule has 9 heteroatoms. The molecule has 0 bridgehead atoms. The first-order valence-electron chi connectivity index (χ1n) is 4.77. The van der Waals surface area contributed by atoms with Gasteiger partial charge < -0.3 is 5.73 Å². The molecule has 96 valence electrons. The molecule has 0 aliphatic heterocycles. The molecule has 0 saturated heterocycles. The van der Waals surface area contributed by atoms with Gasteiger partial charge in [-0.25, -0.2) is 17.8 Å². The van der Waals surface area contributed by atoms with E-state index in [-0.39, 0.29) is 10.8 Å². The average Bonchev–Trinajstić information content (AvgIpc) is 2.62. The van der Waals surface area contributed by atoms with Gasteiger partial charge in [-0.2, -0.15) is 4.37 Å². The number of anilines is 2. The fourth-order valence-electron chi connectivity index (χ4n) is 1.31. The van der Waals surface area contributed by atoms with Crippen LogP contribution < -0.4 is 10.5 Å². The molecular weight excluding hydrogens is 279 g/mol. The molecule has 0 radical (unpaired) electrons. The van der Waals surface area contributed by atoms with Crippen molar-refractivity contribution < 1.29 is 12.8 Å². The van der Waals surface area contributed by atoms with Crippen LogP contribution in [0, 0.1) is 12.7 Å². The molecule has 0 unspecified atom stereocenters. The highest BCUT2D eigenvalue weighted by Gasteiger charge is 2.23. The summed E-state index contributed by atoms with van der Waals surface area (Å²) in [5, 5.41) is 0.0650. The first-order valence-corrected chi connectivity index (χ1v) is 7.03. The summed E-state index contributed by atoms with van der Waals surface area (Å²) in [7, 11) is -4.10. The van der Waals surface area contributed by atoms with Gasteiger partial charge >= 0.3 is 0 Å². The Balaban J connectivity index is 2.43. The molecule has 3 N–H and O–H groups in total. The van der Waals surface area contributed by atoms with Gasteiger partial charge in [-0.1, -0.05) is 6.07 Å². The molecule has 1 aromatic carbocycles. The van der Waals surface area contributed by atoms with Crippen LogP contribution in [-0.4, -0.2) is 17.8 Å². The number of nitrogens with two attached hydrogens (primary N) is 1. The Morgan fingerprint density at radius 3 is 2.72 bits per heavy atom. The number of nitrogens with one attached hydrogen (secondary N) is 1. The molecule has 2 rings (SSSR count). The number of nitrogens with zero attached hydrogens (tertiary/aromatic N) is 2. The molecule has 0 saturated carbocycles. The molecule has 0 fully saturated rings. The van der Waals surface area contributed by atoms with Gasteiger partial charge in [0.25, 0.3) is 10.0 Å². The van der Waals surface area contributed by atoms with Crippen LogP contribution in [-0.2, 0) is 10.0 Å². The Hall–Kier alpha value is -1.74. The smallest absolute Gasteiger partial charge is 0.268 e. The van der Waals surface area contributed by atoms with Crippen LogP contribution in [0.2, 0.25) is 0 Å². The molecule has 6 nitrogen and oxygen atoms in total. The summed E-state index contributed by atoms with van der Waals surface area (Å²) in [5.74, 6) is -0.483.